The lowest BCUT2D eigenvalue weighted by atomic mass is 10.0. The monoisotopic (exact) mass is 844 g/mol. The highest BCUT2D eigenvalue weighted by molar-refractivity contribution is 5.77. The van der Waals surface area contributed by atoms with Crippen LogP contribution in [0.4, 0.5) is 0 Å². The molecule has 352 valence electrons. The molecule has 0 fully saturated rings. The number of rotatable bonds is 47. The molecule has 0 bridgehead atoms. The van der Waals surface area contributed by atoms with Gasteiger partial charge >= 0.3 is 5.97 Å². The van der Waals surface area contributed by atoms with Crippen LogP contribution < -0.4 is 5.32 Å². The van der Waals surface area contributed by atoms with Gasteiger partial charge in [0.2, 0.25) is 5.91 Å². The third kappa shape index (κ3) is 42.8. The van der Waals surface area contributed by atoms with Crippen molar-refractivity contribution in [1.82, 2.24) is 5.32 Å². The molecule has 0 saturated carbocycles. The average Bonchev–Trinajstić information content (AvgIpc) is 3.24. The second-order valence-corrected chi connectivity index (χ2v) is 17.9. The predicted octanol–water partition coefficient (Wildman–Crippen LogP) is 15.7. The van der Waals surface area contributed by atoms with E-state index in [1.54, 1.807) is 0 Å². The number of carbonyl (C=O) groups excluding carboxylic acids is 2. The first-order valence-corrected chi connectivity index (χ1v) is 26.2. The minimum atomic E-state index is -0.795. The molecule has 0 aromatic heterocycles. The molecule has 0 aliphatic heterocycles. The van der Waals surface area contributed by atoms with Crippen molar-refractivity contribution in [3.8, 4) is 0 Å². The molecule has 60 heavy (non-hydrogen) atoms. The number of esters is 1. The van der Waals surface area contributed by atoms with Gasteiger partial charge in [-0.1, -0.05) is 218 Å². The largest absolute Gasteiger partial charge is 0.462 e. The van der Waals surface area contributed by atoms with E-state index in [4.69, 9.17) is 4.74 Å². The normalized spacial score (nSPS) is 13.5. The van der Waals surface area contributed by atoms with Gasteiger partial charge in [0, 0.05) is 6.42 Å². The summed E-state index contributed by atoms with van der Waals surface area (Å²) in [6, 6.07) is -0.710. The minimum absolute atomic E-state index is 0.0559. The third-order valence-electron chi connectivity index (χ3n) is 12.0. The molecule has 3 N–H and O–H groups in total. The Bertz CT molecular complexity index is 993. The molecule has 0 aliphatic carbocycles. The SMILES string of the molecule is CCCCCCCCC/C=C\CCCCCC(=O)OC(CCCCC/C=C/C=C/CCCCCCCCC)CC(=O)NC(CO)C(O)CCCCCCCCCCCCC. The molecule has 3 atom stereocenters. The van der Waals surface area contributed by atoms with Crippen LogP contribution in [0.2, 0.25) is 0 Å². The number of nitrogens with one attached hydrogen (secondary N) is 1. The van der Waals surface area contributed by atoms with Gasteiger partial charge in [0.1, 0.15) is 6.10 Å². The number of hydrogen-bond acceptors (Lipinski definition) is 5. The van der Waals surface area contributed by atoms with E-state index in [0.717, 1.165) is 77.0 Å². The third-order valence-corrected chi connectivity index (χ3v) is 12.0. The molecule has 0 radical (unpaired) electrons. The lowest BCUT2D eigenvalue weighted by Gasteiger charge is -2.24. The standard InChI is InChI=1S/C54H101NO5/c1-4-7-10-13-16-19-22-24-26-27-28-31-33-36-39-42-45-50(60-54(59)47-44-41-38-35-32-29-25-23-20-17-14-11-8-5-2)48-53(58)55-51(49-56)52(57)46-43-40-37-34-30-21-18-15-12-9-6-3/h26-29,31-32,50-52,56-57H,4-25,30,33-49H2,1-3H3,(H,55,58)/b27-26+,31-28+,32-29-. The van der Waals surface area contributed by atoms with E-state index in [0.29, 0.717) is 19.3 Å². The fourth-order valence-electron chi connectivity index (χ4n) is 7.95. The van der Waals surface area contributed by atoms with E-state index in [-0.39, 0.29) is 24.9 Å². The maximum atomic E-state index is 13.2. The van der Waals surface area contributed by atoms with Gasteiger partial charge in [0.25, 0.3) is 0 Å². The van der Waals surface area contributed by atoms with Crippen molar-refractivity contribution >= 4 is 11.9 Å². The minimum Gasteiger partial charge on any atom is -0.462 e. The van der Waals surface area contributed by atoms with Crippen molar-refractivity contribution in [2.45, 2.75) is 289 Å². The summed E-state index contributed by atoms with van der Waals surface area (Å²) in [5, 5.41) is 23.7. The number of unbranched alkanes of at least 4 members (excludes halogenated alkanes) is 30. The number of hydrogen-bond donors (Lipinski definition) is 3. The molecule has 3 unspecified atom stereocenters. The topological polar surface area (TPSA) is 95.9 Å². The van der Waals surface area contributed by atoms with Gasteiger partial charge in [-0.15, -0.1) is 0 Å². The number of allylic oxidation sites excluding steroid dienone is 6. The smallest absolute Gasteiger partial charge is 0.306 e. The molecule has 0 saturated heterocycles. The summed E-state index contributed by atoms with van der Waals surface area (Å²) in [5.74, 6) is -0.511. The van der Waals surface area contributed by atoms with E-state index in [1.165, 1.54) is 148 Å². The molecule has 6 nitrogen and oxygen atoms in total. The van der Waals surface area contributed by atoms with Crippen LogP contribution in [0.1, 0.15) is 271 Å². The fourth-order valence-corrected chi connectivity index (χ4v) is 7.95. The molecule has 0 heterocycles. The summed E-state index contributed by atoms with van der Waals surface area (Å²) in [5.41, 5.74) is 0. The molecule has 6 heteroatoms. The molecular weight excluding hydrogens is 743 g/mol. The van der Waals surface area contributed by atoms with Gasteiger partial charge in [-0.2, -0.15) is 0 Å². The zero-order valence-electron chi connectivity index (χ0n) is 40.1. The van der Waals surface area contributed by atoms with Gasteiger partial charge in [-0.3, -0.25) is 9.59 Å². The number of aliphatic hydroxyl groups excluding tert-OH is 2. The van der Waals surface area contributed by atoms with Crippen LogP contribution in [0.25, 0.3) is 0 Å². The highest BCUT2D eigenvalue weighted by Gasteiger charge is 2.24. The van der Waals surface area contributed by atoms with Gasteiger partial charge in [0.15, 0.2) is 0 Å². The van der Waals surface area contributed by atoms with Crippen LogP contribution in [0.15, 0.2) is 36.5 Å². The zero-order valence-corrected chi connectivity index (χ0v) is 40.1. The lowest BCUT2D eigenvalue weighted by molar-refractivity contribution is -0.151. The van der Waals surface area contributed by atoms with Gasteiger partial charge in [-0.05, 0) is 77.0 Å². The van der Waals surface area contributed by atoms with Crippen LogP contribution in [0, 0.1) is 0 Å². The van der Waals surface area contributed by atoms with Crippen molar-refractivity contribution in [2.24, 2.45) is 0 Å². The van der Waals surface area contributed by atoms with Crippen molar-refractivity contribution in [3.63, 3.8) is 0 Å². The second kappa shape index (κ2) is 48.1. The maximum Gasteiger partial charge on any atom is 0.306 e. The summed E-state index contributed by atoms with van der Waals surface area (Å²) in [4.78, 5) is 26.1. The number of carbonyl (C=O) groups is 2. The van der Waals surface area contributed by atoms with E-state index in [2.05, 4.69) is 62.5 Å². The molecular formula is C54H101NO5. The molecule has 0 aliphatic rings. The second-order valence-electron chi connectivity index (χ2n) is 17.9. The summed E-state index contributed by atoms with van der Waals surface area (Å²) >= 11 is 0. The number of ether oxygens (including phenoxy) is 1. The average molecular weight is 844 g/mol. The summed E-state index contributed by atoms with van der Waals surface area (Å²) < 4.78 is 5.92. The van der Waals surface area contributed by atoms with Gasteiger partial charge in [-0.25, -0.2) is 0 Å². The van der Waals surface area contributed by atoms with Crippen LogP contribution in [0.3, 0.4) is 0 Å². The van der Waals surface area contributed by atoms with Gasteiger partial charge < -0.3 is 20.3 Å². The fraction of sp³-hybridized carbons (Fsp3) is 0.852. The Hall–Kier alpha value is -1.92. The van der Waals surface area contributed by atoms with E-state index >= 15 is 0 Å². The quantitative estimate of drug-likeness (QED) is 0.0245. The van der Waals surface area contributed by atoms with Crippen LogP contribution >= 0.6 is 0 Å². The Morgan fingerprint density at radius 1 is 0.483 bits per heavy atom. The predicted molar refractivity (Wildman–Crippen MR) is 259 cm³/mol. The maximum absolute atomic E-state index is 13.2. The summed E-state index contributed by atoms with van der Waals surface area (Å²) in [6.07, 6.45) is 56.3. The molecule has 0 aromatic carbocycles. The van der Waals surface area contributed by atoms with E-state index < -0.39 is 18.2 Å². The lowest BCUT2D eigenvalue weighted by Crippen LogP contribution is -2.46. The first kappa shape index (κ1) is 58.1. The summed E-state index contributed by atoms with van der Waals surface area (Å²) in [7, 11) is 0. The number of aliphatic hydroxyl groups is 2. The Balaban J connectivity index is 4.65. The van der Waals surface area contributed by atoms with Crippen molar-refractivity contribution in [3.05, 3.63) is 36.5 Å². The van der Waals surface area contributed by atoms with Gasteiger partial charge in [0.05, 0.1) is 25.2 Å². The van der Waals surface area contributed by atoms with Crippen LogP contribution in [-0.4, -0.2) is 46.9 Å². The van der Waals surface area contributed by atoms with Crippen molar-refractivity contribution in [2.75, 3.05) is 6.61 Å². The van der Waals surface area contributed by atoms with E-state index in [9.17, 15) is 19.8 Å². The van der Waals surface area contributed by atoms with E-state index in [1.807, 2.05) is 0 Å². The molecule has 0 rings (SSSR count). The molecule has 0 aromatic rings. The highest BCUT2D eigenvalue weighted by atomic mass is 16.5. The Kier molecular flexibility index (Phi) is 46.6. The Labute approximate surface area is 373 Å². The van der Waals surface area contributed by atoms with Crippen molar-refractivity contribution < 1.29 is 24.5 Å². The Morgan fingerprint density at radius 2 is 0.850 bits per heavy atom. The van der Waals surface area contributed by atoms with Crippen molar-refractivity contribution in [1.29, 1.82) is 0 Å². The zero-order chi connectivity index (χ0) is 43.8. The first-order chi connectivity index (χ1) is 29.5. The Morgan fingerprint density at radius 3 is 1.30 bits per heavy atom. The van der Waals surface area contributed by atoms with Crippen LogP contribution in [0.5, 0.6) is 0 Å². The summed E-state index contributed by atoms with van der Waals surface area (Å²) in [6.45, 7) is 6.47. The van der Waals surface area contributed by atoms with Crippen LogP contribution in [-0.2, 0) is 14.3 Å². The first-order valence-electron chi connectivity index (χ1n) is 26.2. The molecule has 1 amide bonds. The molecule has 0 spiro atoms. The highest BCUT2D eigenvalue weighted by Crippen LogP contribution is 2.17. The number of amides is 1.